The van der Waals surface area contributed by atoms with E-state index in [0.717, 1.165) is 19.8 Å². The van der Waals surface area contributed by atoms with Crippen molar-refractivity contribution in [1.82, 2.24) is 5.32 Å². The minimum Gasteiger partial charge on any atom is -0.394 e. The Morgan fingerprint density at radius 3 is 1.26 bits per heavy atom. The summed E-state index contributed by atoms with van der Waals surface area (Å²) in [5.74, 6) is -0.879. The highest BCUT2D eigenvalue weighted by Gasteiger charge is 2.58. The first-order chi connectivity index (χ1) is 36.2. The second-order valence-corrected chi connectivity index (χ2v) is 19.3. The first kappa shape index (κ1) is 63.4. The summed E-state index contributed by atoms with van der Waals surface area (Å²) in [6.45, 7) is -3.90. The number of aliphatic hydroxyl groups is 18. The number of carbonyl (C=O) groups is 1. The lowest BCUT2D eigenvalue weighted by atomic mass is 9.94. The predicted molar refractivity (Wildman–Crippen MR) is 236 cm³/mol. The molecule has 0 saturated carbocycles. The van der Waals surface area contributed by atoms with Gasteiger partial charge >= 0.3 is 0 Å². The van der Waals surface area contributed by atoms with Crippen LogP contribution in [0.4, 0.5) is 0 Å². The first-order valence-corrected chi connectivity index (χ1v) is 24.9. The Morgan fingerprint density at radius 1 is 0.382 bits per heavy atom. The van der Waals surface area contributed by atoms with Crippen molar-refractivity contribution in [3.05, 3.63) is 0 Å². The molecule has 0 aromatic rings. The molecule has 30 atom stereocenters. The summed E-state index contributed by atoms with van der Waals surface area (Å²) < 4.78 is 68.9. The average molecular weight is 1120 g/mol. The third kappa shape index (κ3) is 14.1. The van der Waals surface area contributed by atoms with E-state index in [4.69, 9.17) is 56.8 Å². The van der Waals surface area contributed by atoms with Crippen molar-refractivity contribution in [2.24, 2.45) is 0 Å². The van der Waals surface area contributed by atoms with Gasteiger partial charge in [0, 0.05) is 13.5 Å². The molecule has 30 unspecified atom stereocenters. The van der Waals surface area contributed by atoms with Crippen LogP contribution in [0.3, 0.4) is 0 Å². The molecule has 0 radical (unpaired) electrons. The van der Waals surface area contributed by atoms with Crippen LogP contribution in [-0.4, -0.2) is 335 Å². The van der Waals surface area contributed by atoms with Gasteiger partial charge in [0.05, 0.1) is 46.2 Å². The van der Waals surface area contributed by atoms with Gasteiger partial charge in [0.25, 0.3) is 0 Å². The van der Waals surface area contributed by atoms with E-state index in [2.05, 4.69) is 11.1 Å². The van der Waals surface area contributed by atoms with Gasteiger partial charge in [0.2, 0.25) is 5.91 Å². The van der Waals surface area contributed by atoms with Gasteiger partial charge in [-0.15, -0.1) is 0 Å². The summed E-state index contributed by atoms with van der Waals surface area (Å²) in [4.78, 5) is 12.8. The van der Waals surface area contributed by atoms with Crippen LogP contribution in [0.2, 0.25) is 0 Å². The number of hydrogen-bond donors (Lipinski definition) is 20. The molecule has 0 aliphatic carbocycles. The standard InChI is InChI=1S/C43H76N2O31/c1-13(52)45-20-35(74-43-37(26(58)22(54)15(8-47)69-43)76-40-29(61)25(57)21(53)14(7-46)67-40)23(55)16(9-48)66-38(20)75-36-24(56)17(10-49)68-42(32(36)64)73-34-19(12-51)71-41(31(63)28(34)60)72-33-18(11-50)70-39(30(62)27(33)59)65-6-4-2-3-5-44/h14-43,46-51,53-64H,2-12,44H2,1H3,(H,45,52)/p+1. The molecule has 444 valence electrons. The lowest BCUT2D eigenvalue weighted by Crippen LogP contribution is -2.70. The molecule has 6 fully saturated rings. The molecule has 6 aliphatic heterocycles. The van der Waals surface area contributed by atoms with Crippen LogP contribution in [0.15, 0.2) is 0 Å². The third-order valence-electron chi connectivity index (χ3n) is 14.0. The zero-order valence-corrected chi connectivity index (χ0v) is 41.2. The molecule has 6 saturated heterocycles. The number of rotatable bonds is 23. The Kier molecular flexibility index (Phi) is 24.0. The monoisotopic (exact) mass is 1120 g/mol. The highest BCUT2D eigenvalue weighted by atomic mass is 16.8. The summed E-state index contributed by atoms with van der Waals surface area (Å²) in [5.41, 5.74) is 3.76. The predicted octanol–water partition coefficient (Wildman–Crippen LogP) is -13.5. The number of quaternary nitrogens is 1. The van der Waals surface area contributed by atoms with E-state index in [0.29, 0.717) is 13.0 Å². The van der Waals surface area contributed by atoms with Gasteiger partial charge in [-0.25, -0.2) is 0 Å². The fourth-order valence-electron chi connectivity index (χ4n) is 9.67. The minimum absolute atomic E-state index is 0.134. The lowest BCUT2D eigenvalue weighted by molar-refractivity contribution is -0.394. The van der Waals surface area contributed by atoms with Crippen LogP contribution in [0.5, 0.6) is 0 Å². The van der Waals surface area contributed by atoms with Crippen LogP contribution < -0.4 is 11.1 Å². The van der Waals surface area contributed by atoms with Crippen molar-refractivity contribution in [1.29, 1.82) is 0 Å². The molecular weight excluding hydrogens is 1040 g/mol. The summed E-state index contributed by atoms with van der Waals surface area (Å²) >= 11 is 0. The van der Waals surface area contributed by atoms with E-state index < -0.39 is 230 Å². The van der Waals surface area contributed by atoms with Crippen molar-refractivity contribution in [2.45, 2.75) is 210 Å². The zero-order chi connectivity index (χ0) is 55.9. The SMILES string of the molecule is CC(=O)NC1C(OC2C(O)C(CO)OC(OC3C(CO)OC(OC4C(CO)OC(OCCCCC[NH3+])C(O)C4O)C(O)C3O)C2O)OC(CO)C(O)C1OC1OC(CO)C(O)C(O)C1OC1OC(CO)C(O)C(O)C1O. The summed E-state index contributed by atoms with van der Waals surface area (Å²) in [7, 11) is 0. The second kappa shape index (κ2) is 28.8. The molecule has 0 aromatic heterocycles. The van der Waals surface area contributed by atoms with Gasteiger partial charge in [-0.3, -0.25) is 4.79 Å². The molecule has 33 nitrogen and oxygen atoms in total. The van der Waals surface area contributed by atoms with Gasteiger partial charge in [-0.2, -0.15) is 0 Å². The Bertz CT molecular complexity index is 1730. The molecular formula is C43H77N2O31+. The van der Waals surface area contributed by atoms with E-state index >= 15 is 0 Å². The molecule has 0 bridgehead atoms. The second-order valence-electron chi connectivity index (χ2n) is 19.3. The fraction of sp³-hybridized carbons (Fsp3) is 0.977. The van der Waals surface area contributed by atoms with Crippen LogP contribution in [0, 0.1) is 0 Å². The van der Waals surface area contributed by atoms with Crippen molar-refractivity contribution in [3.63, 3.8) is 0 Å². The topological polar surface area (TPSA) is 532 Å². The van der Waals surface area contributed by atoms with Gasteiger partial charge in [-0.05, 0) is 19.3 Å². The smallest absolute Gasteiger partial charge is 0.217 e. The van der Waals surface area contributed by atoms with Crippen LogP contribution in [-0.2, 0) is 61.6 Å². The van der Waals surface area contributed by atoms with Gasteiger partial charge < -0.3 is 160 Å². The molecule has 6 rings (SSSR count). The molecule has 6 aliphatic rings. The molecule has 1 amide bonds. The highest BCUT2D eigenvalue weighted by molar-refractivity contribution is 5.73. The lowest BCUT2D eigenvalue weighted by Gasteiger charge is -2.51. The number of nitrogens with one attached hydrogen (secondary N) is 1. The molecule has 33 heteroatoms. The number of unbranched alkanes of at least 4 members (excludes halogenated alkanes) is 2. The number of carbonyl (C=O) groups excluding carboxylic acids is 1. The molecule has 0 spiro atoms. The molecule has 0 aromatic carbocycles. The van der Waals surface area contributed by atoms with Crippen LogP contribution in [0.25, 0.3) is 0 Å². The maximum absolute atomic E-state index is 12.8. The fourth-order valence-corrected chi connectivity index (χ4v) is 9.67. The number of amides is 1. The number of ether oxygens (including phenoxy) is 12. The normalized spacial score (nSPS) is 48.4. The maximum Gasteiger partial charge on any atom is 0.217 e. The Balaban J connectivity index is 1.20. The van der Waals surface area contributed by atoms with Crippen molar-refractivity contribution < 1.29 is 159 Å². The van der Waals surface area contributed by atoms with E-state index in [1.54, 1.807) is 0 Å². The zero-order valence-electron chi connectivity index (χ0n) is 41.2. The van der Waals surface area contributed by atoms with Crippen molar-refractivity contribution in [3.8, 4) is 0 Å². The van der Waals surface area contributed by atoms with E-state index in [-0.39, 0.29) is 6.61 Å². The maximum atomic E-state index is 12.8. The largest absolute Gasteiger partial charge is 0.394 e. The minimum atomic E-state index is -2.23. The van der Waals surface area contributed by atoms with Crippen molar-refractivity contribution in [2.75, 3.05) is 52.8 Å². The van der Waals surface area contributed by atoms with E-state index in [1.165, 1.54) is 0 Å². The summed E-state index contributed by atoms with van der Waals surface area (Å²) in [6.07, 6.45) is -52.6. The van der Waals surface area contributed by atoms with Gasteiger partial charge in [0.15, 0.2) is 37.7 Å². The summed E-state index contributed by atoms with van der Waals surface area (Å²) in [5, 5.41) is 196. The summed E-state index contributed by atoms with van der Waals surface area (Å²) in [6, 6.07) is -1.82. The van der Waals surface area contributed by atoms with Gasteiger partial charge in [-0.1, -0.05) is 0 Å². The van der Waals surface area contributed by atoms with Crippen molar-refractivity contribution >= 4 is 5.91 Å². The number of hydrogen-bond acceptors (Lipinski definition) is 31. The Hall–Kier alpha value is -1.77. The molecule has 22 N–H and O–H groups in total. The highest BCUT2D eigenvalue weighted by Crippen LogP contribution is 2.37. The van der Waals surface area contributed by atoms with E-state index in [1.807, 2.05) is 0 Å². The molecule has 6 heterocycles. The third-order valence-corrected chi connectivity index (χ3v) is 14.0. The average Bonchev–Trinajstić information content (AvgIpc) is 3.40. The first-order valence-electron chi connectivity index (χ1n) is 24.9. The van der Waals surface area contributed by atoms with Crippen LogP contribution in [0.1, 0.15) is 26.2 Å². The Labute approximate surface area is 433 Å². The van der Waals surface area contributed by atoms with Crippen LogP contribution >= 0.6 is 0 Å². The quantitative estimate of drug-likeness (QED) is 0.0423. The molecule has 76 heavy (non-hydrogen) atoms. The van der Waals surface area contributed by atoms with Gasteiger partial charge in [0.1, 0.15) is 146 Å². The van der Waals surface area contributed by atoms with E-state index in [9.17, 15) is 96.7 Å². The Morgan fingerprint density at radius 2 is 0.750 bits per heavy atom. The number of aliphatic hydroxyl groups excluding tert-OH is 18.